The third kappa shape index (κ3) is 6.55. The van der Waals surface area contributed by atoms with Gasteiger partial charge >= 0.3 is 28.7 Å². The molecule has 0 amide bonds. The summed E-state index contributed by atoms with van der Waals surface area (Å²) in [5, 5.41) is 0. The van der Waals surface area contributed by atoms with Crippen LogP contribution in [0.1, 0.15) is 0 Å². The van der Waals surface area contributed by atoms with Gasteiger partial charge in [-0.05, 0) is 21.6 Å². The van der Waals surface area contributed by atoms with E-state index in [4.69, 9.17) is 0 Å². The Balaban J connectivity index is 2.46. The van der Waals surface area contributed by atoms with Crippen molar-refractivity contribution >= 4 is 61.0 Å². The zero-order chi connectivity index (χ0) is 23.1. The minimum atomic E-state index is -1.28. The zero-order valence-corrected chi connectivity index (χ0v) is 28.1. The van der Waals surface area contributed by atoms with E-state index < -0.39 is 61.0 Å². The van der Waals surface area contributed by atoms with Crippen LogP contribution in [0, 0.1) is 12.1 Å². The highest BCUT2D eigenvalue weighted by atomic mass is 28.4. The van der Waals surface area contributed by atoms with Crippen LogP contribution >= 0.6 is 0 Å². The van der Waals surface area contributed by atoms with E-state index in [-0.39, 0.29) is 0 Å². The van der Waals surface area contributed by atoms with Crippen LogP contribution in [0.25, 0.3) is 0 Å². The van der Waals surface area contributed by atoms with Crippen molar-refractivity contribution in [2.45, 2.75) is 96.2 Å². The van der Waals surface area contributed by atoms with E-state index in [1.54, 1.807) is 0 Å². The van der Waals surface area contributed by atoms with Gasteiger partial charge in [0.25, 0.3) is 0 Å². The summed E-state index contributed by atoms with van der Waals surface area (Å²) in [4.78, 5) is 0. The summed E-state index contributed by atoms with van der Waals surface area (Å²) < 4.78 is 10.8. The Morgan fingerprint density at radius 3 is 0.967 bits per heavy atom. The van der Waals surface area contributed by atoms with E-state index in [9.17, 15) is 0 Å². The highest BCUT2D eigenvalue weighted by molar-refractivity contribution is 7.09. The van der Waals surface area contributed by atoms with Gasteiger partial charge < -0.3 is 8.60 Å². The third-order valence-electron chi connectivity index (χ3n) is 6.93. The minimum absolute atomic E-state index is 0.615. The predicted molar refractivity (Wildman–Crippen MR) is 152 cm³/mol. The Kier molecular flexibility index (Phi) is 8.44. The average Bonchev–Trinajstić information content (AvgIpc) is 2.51. The lowest BCUT2D eigenvalue weighted by Crippen LogP contribution is -2.59. The molecule has 0 radical (unpaired) electrons. The fourth-order valence-electron chi connectivity index (χ4n) is 6.92. The number of allylic oxidation sites excluding steroid dienone is 4. The van der Waals surface area contributed by atoms with E-state index in [1.165, 1.54) is 0 Å². The molecule has 0 spiro atoms. The van der Waals surface area contributed by atoms with Crippen LogP contribution in [-0.4, -0.2) is 61.0 Å². The van der Waals surface area contributed by atoms with Crippen molar-refractivity contribution in [1.82, 2.24) is 8.60 Å². The van der Waals surface area contributed by atoms with Crippen molar-refractivity contribution in [2.75, 3.05) is 0 Å². The molecule has 8 heteroatoms. The first kappa shape index (κ1) is 26.8. The Labute approximate surface area is 201 Å². The van der Waals surface area contributed by atoms with Crippen LogP contribution in [0.3, 0.4) is 0 Å². The molecule has 2 nitrogen and oxygen atoms in total. The molecule has 0 aromatic rings. The molecule has 0 atom stereocenters. The molecule has 2 N–H and O–H groups in total. The molecule has 0 aromatic heterocycles. The normalized spacial score (nSPS) is 22.7. The molecular formula is C22H46Al2N2Si4. The average molecular weight is 505 g/mol. The van der Waals surface area contributed by atoms with E-state index in [2.05, 4.69) is 124 Å². The quantitative estimate of drug-likeness (QED) is 0.256. The lowest BCUT2D eigenvalue weighted by molar-refractivity contribution is 1.07. The number of nitrogens with one attached hydrogen (secondary N) is 2. The summed E-state index contributed by atoms with van der Waals surface area (Å²) >= 11 is -2.57. The molecule has 30 heavy (non-hydrogen) atoms. The molecule has 1 aliphatic carbocycles. The van der Waals surface area contributed by atoms with Crippen molar-refractivity contribution in [3.05, 3.63) is 24.3 Å². The van der Waals surface area contributed by atoms with Crippen molar-refractivity contribution in [3.8, 4) is 12.1 Å². The first-order chi connectivity index (χ1) is 13.4. The molecule has 166 valence electrons. The van der Waals surface area contributed by atoms with Crippen LogP contribution in [0.4, 0.5) is 0 Å². The van der Waals surface area contributed by atoms with Crippen LogP contribution in [0.5, 0.6) is 0 Å². The van der Waals surface area contributed by atoms with Gasteiger partial charge in [0.15, 0.2) is 0 Å². The summed E-state index contributed by atoms with van der Waals surface area (Å²) in [5.74, 6) is 0. The van der Waals surface area contributed by atoms with Gasteiger partial charge in [-0.3, -0.25) is 0 Å². The Morgan fingerprint density at radius 2 is 0.767 bits per heavy atom. The van der Waals surface area contributed by atoms with Crippen molar-refractivity contribution < 1.29 is 0 Å². The predicted octanol–water partition coefficient (Wildman–Crippen LogP) is 6.20. The van der Waals surface area contributed by atoms with E-state index >= 15 is 0 Å². The molecular weight excluding hydrogens is 459 g/mol. The maximum absolute atomic E-state index is 3.89. The molecule has 3 rings (SSSR count). The van der Waals surface area contributed by atoms with Gasteiger partial charge in [-0.2, -0.15) is 0 Å². The minimum Gasteiger partial charge on any atom is -0.432 e. The van der Waals surface area contributed by atoms with Gasteiger partial charge in [0, 0.05) is 32.3 Å². The third-order valence-corrected chi connectivity index (χ3v) is 46.0. The standard InChI is InChI=1S/2C7H19Si2.C6H6.C2H2N2.2Al/c2*1-8(2,3)7-9(4,5)6;1-2-4-6-5-3-1;3-1-2-4;;/h2*7H,1-6H3;1-6H;3-4H;;/q;;;-2;2*+1. The van der Waals surface area contributed by atoms with Crippen LogP contribution in [0.2, 0.25) is 96.2 Å². The second-order valence-electron chi connectivity index (χ2n) is 13.9. The van der Waals surface area contributed by atoms with Crippen molar-refractivity contribution in [1.29, 1.82) is 0 Å². The fraction of sp³-hybridized carbons (Fsp3) is 0.727. The molecule has 0 unspecified atom stereocenters. The first-order valence-electron chi connectivity index (χ1n) is 11.8. The number of fused-ring (bicyclic) bond motifs is 4. The molecule has 2 heterocycles. The number of rotatable bonds is 6. The lowest BCUT2D eigenvalue weighted by Gasteiger charge is -2.44. The zero-order valence-electron chi connectivity index (χ0n) is 21.8. The van der Waals surface area contributed by atoms with E-state index in [1.807, 2.05) is 0 Å². The lowest BCUT2D eigenvalue weighted by atomic mass is 10.2. The highest BCUT2D eigenvalue weighted by Crippen LogP contribution is 2.43. The Morgan fingerprint density at radius 1 is 0.533 bits per heavy atom. The van der Waals surface area contributed by atoms with Gasteiger partial charge in [0.05, 0.1) is 0 Å². The summed E-state index contributed by atoms with van der Waals surface area (Å²) in [6, 6.07) is 6.99. The van der Waals surface area contributed by atoms with Gasteiger partial charge in [0.2, 0.25) is 0 Å². The number of hydrogen-bond acceptors (Lipinski definition) is 2. The maximum Gasteiger partial charge on any atom is 0.428 e. The molecule has 3 aliphatic rings. The molecule has 2 aliphatic heterocycles. The fourth-order valence-corrected chi connectivity index (χ4v) is 52.2. The largest absolute Gasteiger partial charge is 0.432 e. The molecule has 0 saturated carbocycles. The summed E-state index contributed by atoms with van der Waals surface area (Å²) in [5.41, 5.74) is 0. The second kappa shape index (κ2) is 9.44. The van der Waals surface area contributed by atoms with Gasteiger partial charge in [-0.1, -0.05) is 111 Å². The first-order valence-corrected chi connectivity index (χ1v) is 29.9. The topological polar surface area (TPSA) is 24.1 Å². The molecule has 0 aromatic carbocycles. The van der Waals surface area contributed by atoms with E-state index in [0.717, 1.165) is 8.05 Å². The Bertz CT molecular complexity index is 630. The van der Waals surface area contributed by atoms with Crippen LogP contribution in [0.15, 0.2) is 24.3 Å². The molecule has 0 saturated heterocycles. The van der Waals surface area contributed by atoms with Gasteiger partial charge in [-0.25, -0.2) is 0 Å². The maximum atomic E-state index is 3.89. The van der Waals surface area contributed by atoms with Crippen molar-refractivity contribution in [3.63, 3.8) is 0 Å². The monoisotopic (exact) mass is 504 g/mol. The molecule has 0 fully saturated rings. The van der Waals surface area contributed by atoms with Gasteiger partial charge in [-0.15, -0.1) is 0 Å². The highest BCUT2D eigenvalue weighted by Gasteiger charge is 2.52. The van der Waals surface area contributed by atoms with E-state index in [0.29, 0.717) is 9.56 Å². The van der Waals surface area contributed by atoms with Gasteiger partial charge in [0.1, 0.15) is 0 Å². The summed E-state index contributed by atoms with van der Waals surface area (Å²) in [7, 11) is -5.10. The molecule has 2 bridgehead atoms. The van der Waals surface area contributed by atoms with Crippen LogP contribution in [-0.2, 0) is 0 Å². The Hall–Kier alpha value is 0.572. The number of hydrogen-bond donors (Lipinski definition) is 2. The summed E-state index contributed by atoms with van der Waals surface area (Å²) in [6.07, 6.45) is 10.5. The smallest absolute Gasteiger partial charge is 0.428 e. The second-order valence-corrected chi connectivity index (χ2v) is 44.7. The summed E-state index contributed by atoms with van der Waals surface area (Å²) in [6.45, 7) is 31.0. The van der Waals surface area contributed by atoms with Crippen LogP contribution < -0.4 is 8.60 Å². The van der Waals surface area contributed by atoms with Crippen molar-refractivity contribution in [2.24, 2.45) is 0 Å². The SMILES string of the molecule is C[Si](C)(C)[CH]([Al]1[NH]C#C[NH][Al]([CH]([Si](C)(C)C)[Si](C)(C)C)[CH]2C=C[CH]1C=C2)[Si](C)(C)C.